The summed E-state index contributed by atoms with van der Waals surface area (Å²) >= 11 is 5.69. The Morgan fingerprint density at radius 1 is 1.63 bits per heavy atom. The minimum absolute atomic E-state index is 0.0227. The van der Waals surface area contributed by atoms with Gasteiger partial charge in [-0.2, -0.15) is 0 Å². The van der Waals surface area contributed by atoms with Crippen molar-refractivity contribution >= 4 is 17.6 Å². The van der Waals surface area contributed by atoms with Crippen molar-refractivity contribution in [3.05, 3.63) is 22.5 Å². The molecule has 1 aromatic carbocycles. The van der Waals surface area contributed by atoms with Gasteiger partial charge in [0.05, 0.1) is 23.6 Å². The lowest BCUT2D eigenvalue weighted by Crippen LogP contribution is -2.18. The van der Waals surface area contributed by atoms with Crippen LogP contribution in [0.25, 0.3) is 0 Å². The second kappa shape index (κ2) is 5.22. The van der Waals surface area contributed by atoms with Gasteiger partial charge >= 0.3 is 5.97 Å². The normalized spacial score (nSPS) is 22.5. The molecule has 19 heavy (non-hydrogen) atoms. The fourth-order valence-corrected chi connectivity index (χ4v) is 2.49. The molecule has 0 radical (unpaired) electrons. The summed E-state index contributed by atoms with van der Waals surface area (Å²) in [5.74, 6) is -2.55. The van der Waals surface area contributed by atoms with E-state index in [0.717, 1.165) is 6.07 Å². The molecule has 5 nitrogen and oxygen atoms in total. The lowest BCUT2D eigenvalue weighted by molar-refractivity contribution is -0.141. The quantitative estimate of drug-likeness (QED) is 0.792. The highest BCUT2D eigenvalue weighted by molar-refractivity contribution is 6.31. The number of ether oxygens (including phenoxy) is 1. The zero-order valence-corrected chi connectivity index (χ0v) is 10.9. The number of methoxy groups -OCH3 is 1. The van der Waals surface area contributed by atoms with Crippen molar-refractivity contribution in [2.24, 2.45) is 5.92 Å². The van der Waals surface area contributed by atoms with E-state index in [0.29, 0.717) is 0 Å². The first kappa shape index (κ1) is 13.9. The smallest absolute Gasteiger partial charge is 0.307 e. The molecule has 2 atom stereocenters. The van der Waals surface area contributed by atoms with E-state index in [9.17, 15) is 14.3 Å². The van der Waals surface area contributed by atoms with Crippen LogP contribution in [0.1, 0.15) is 18.0 Å². The van der Waals surface area contributed by atoms with Crippen LogP contribution in [-0.4, -0.2) is 29.8 Å². The number of carbonyl (C=O) groups is 1. The Bertz CT molecular complexity index is 523. The highest BCUT2D eigenvalue weighted by atomic mass is 35.5. The number of hydrogen-bond donors (Lipinski definition) is 3. The van der Waals surface area contributed by atoms with Crippen molar-refractivity contribution in [1.82, 2.24) is 5.32 Å². The number of hydrogen-bond acceptors (Lipinski definition) is 4. The predicted molar refractivity (Wildman–Crippen MR) is 66.1 cm³/mol. The molecule has 2 rings (SSSR count). The van der Waals surface area contributed by atoms with Crippen LogP contribution >= 0.6 is 11.6 Å². The first-order chi connectivity index (χ1) is 8.95. The summed E-state index contributed by atoms with van der Waals surface area (Å²) in [6.07, 6.45) is 0.211. The molecule has 2 unspecified atom stereocenters. The van der Waals surface area contributed by atoms with Gasteiger partial charge < -0.3 is 20.3 Å². The van der Waals surface area contributed by atoms with E-state index in [1.807, 2.05) is 0 Å². The Morgan fingerprint density at radius 3 is 2.84 bits per heavy atom. The van der Waals surface area contributed by atoms with E-state index < -0.39 is 23.7 Å². The van der Waals surface area contributed by atoms with Crippen LogP contribution in [-0.2, 0) is 4.79 Å². The third kappa shape index (κ3) is 2.46. The number of phenolic OH excluding ortho intramolecular Hbond substituents is 1. The van der Waals surface area contributed by atoms with Gasteiger partial charge in [-0.05, 0) is 6.42 Å². The number of aliphatic carboxylic acids is 1. The molecule has 1 fully saturated rings. The predicted octanol–water partition coefficient (Wildman–Crippen LogP) is 1.93. The molecular weight excluding hydrogens is 277 g/mol. The SMILES string of the molecule is COc1c(O)cc(Cl)c(F)c1C1CC(C(=O)O)CN1. The third-order valence-corrected chi connectivity index (χ3v) is 3.49. The Morgan fingerprint density at radius 2 is 2.32 bits per heavy atom. The average molecular weight is 290 g/mol. The van der Waals surface area contributed by atoms with Crippen LogP contribution in [0.3, 0.4) is 0 Å². The molecule has 1 aromatic rings. The summed E-state index contributed by atoms with van der Waals surface area (Å²) in [6, 6.07) is 0.503. The lowest BCUT2D eigenvalue weighted by atomic mass is 9.98. The fraction of sp³-hybridized carbons (Fsp3) is 0.417. The summed E-state index contributed by atoms with van der Waals surface area (Å²) in [7, 11) is 1.30. The Kier molecular flexibility index (Phi) is 3.82. The van der Waals surface area contributed by atoms with Gasteiger partial charge in [0, 0.05) is 18.7 Å². The summed E-state index contributed by atoms with van der Waals surface area (Å²) in [5.41, 5.74) is 0.0660. The van der Waals surface area contributed by atoms with Gasteiger partial charge in [0.25, 0.3) is 0 Å². The molecule has 0 saturated carbocycles. The maximum Gasteiger partial charge on any atom is 0.307 e. The van der Waals surface area contributed by atoms with Crippen LogP contribution in [0.2, 0.25) is 5.02 Å². The second-order valence-electron chi connectivity index (χ2n) is 4.37. The molecule has 1 heterocycles. The number of carboxylic acids is 1. The number of nitrogens with one attached hydrogen (secondary N) is 1. The standard InChI is InChI=1S/C12H13ClFNO4/c1-19-11-8(16)3-6(13)10(14)9(11)7-2-5(4-15-7)12(17)18/h3,5,7,15-16H,2,4H2,1H3,(H,17,18). The topological polar surface area (TPSA) is 78.8 Å². The zero-order valence-electron chi connectivity index (χ0n) is 10.1. The summed E-state index contributed by atoms with van der Waals surface area (Å²) in [6.45, 7) is 0.232. The van der Waals surface area contributed by atoms with Gasteiger partial charge in [0.15, 0.2) is 17.3 Å². The number of benzene rings is 1. The van der Waals surface area contributed by atoms with Gasteiger partial charge in [-0.25, -0.2) is 4.39 Å². The van der Waals surface area contributed by atoms with Crippen molar-refractivity contribution < 1.29 is 24.1 Å². The number of phenols is 1. The minimum Gasteiger partial charge on any atom is -0.504 e. The summed E-state index contributed by atoms with van der Waals surface area (Å²) in [5, 5.41) is 21.3. The van der Waals surface area contributed by atoms with Crippen molar-refractivity contribution in [1.29, 1.82) is 0 Å². The highest BCUT2D eigenvalue weighted by Crippen LogP contribution is 2.42. The number of rotatable bonds is 3. The van der Waals surface area contributed by atoms with E-state index in [1.165, 1.54) is 7.11 Å². The summed E-state index contributed by atoms with van der Waals surface area (Å²) < 4.78 is 19.1. The molecule has 0 bridgehead atoms. The Balaban J connectivity index is 2.42. The molecule has 7 heteroatoms. The van der Waals surface area contributed by atoms with E-state index in [4.69, 9.17) is 21.4 Å². The van der Waals surface area contributed by atoms with Crippen molar-refractivity contribution in [2.45, 2.75) is 12.5 Å². The van der Waals surface area contributed by atoms with E-state index in [1.54, 1.807) is 0 Å². The highest BCUT2D eigenvalue weighted by Gasteiger charge is 2.35. The first-order valence-corrected chi connectivity index (χ1v) is 6.04. The van der Waals surface area contributed by atoms with Crippen LogP contribution in [0.15, 0.2) is 6.07 Å². The average Bonchev–Trinajstić information content (AvgIpc) is 2.82. The maximum atomic E-state index is 14.1. The molecule has 104 valence electrons. The molecule has 1 aliphatic heterocycles. The fourth-order valence-electron chi connectivity index (χ4n) is 2.28. The molecule has 1 saturated heterocycles. The van der Waals surface area contributed by atoms with Gasteiger partial charge in [-0.3, -0.25) is 4.79 Å². The Labute approximate surface area is 113 Å². The van der Waals surface area contributed by atoms with E-state index in [-0.39, 0.29) is 35.1 Å². The van der Waals surface area contributed by atoms with Gasteiger partial charge in [-0.1, -0.05) is 11.6 Å². The molecular formula is C12H13ClFNO4. The largest absolute Gasteiger partial charge is 0.504 e. The maximum absolute atomic E-state index is 14.1. The third-order valence-electron chi connectivity index (χ3n) is 3.22. The van der Waals surface area contributed by atoms with Crippen LogP contribution in [0.5, 0.6) is 11.5 Å². The number of halogens is 2. The number of aromatic hydroxyl groups is 1. The molecule has 0 amide bonds. The minimum atomic E-state index is -0.944. The summed E-state index contributed by atoms with van der Waals surface area (Å²) in [4.78, 5) is 10.9. The van der Waals surface area contributed by atoms with Gasteiger partial charge in [-0.15, -0.1) is 0 Å². The molecule has 3 N–H and O–H groups in total. The molecule has 0 spiro atoms. The van der Waals surface area contributed by atoms with E-state index in [2.05, 4.69) is 5.32 Å². The van der Waals surface area contributed by atoms with Crippen LogP contribution < -0.4 is 10.1 Å². The van der Waals surface area contributed by atoms with Crippen LogP contribution in [0, 0.1) is 11.7 Å². The molecule has 0 aliphatic carbocycles. The number of carboxylic acid groups (broad SMARTS) is 1. The lowest BCUT2D eigenvalue weighted by Gasteiger charge is -2.17. The first-order valence-electron chi connectivity index (χ1n) is 5.66. The van der Waals surface area contributed by atoms with Crippen molar-refractivity contribution in [3.63, 3.8) is 0 Å². The monoisotopic (exact) mass is 289 g/mol. The van der Waals surface area contributed by atoms with E-state index >= 15 is 0 Å². The van der Waals surface area contributed by atoms with Crippen molar-refractivity contribution in [3.8, 4) is 11.5 Å². The van der Waals surface area contributed by atoms with Crippen LogP contribution in [0.4, 0.5) is 4.39 Å². The molecule has 1 aliphatic rings. The molecule has 0 aromatic heterocycles. The second-order valence-corrected chi connectivity index (χ2v) is 4.78. The van der Waals surface area contributed by atoms with Crippen molar-refractivity contribution in [2.75, 3.05) is 13.7 Å². The van der Waals surface area contributed by atoms with Gasteiger partial charge in [0.1, 0.15) is 0 Å². The van der Waals surface area contributed by atoms with Gasteiger partial charge in [0.2, 0.25) is 0 Å². The Hall–Kier alpha value is -1.53. The zero-order chi connectivity index (χ0) is 14.2.